The van der Waals surface area contributed by atoms with Gasteiger partial charge in [-0.2, -0.15) is 0 Å². The van der Waals surface area contributed by atoms with E-state index in [-0.39, 0.29) is 18.3 Å². The van der Waals surface area contributed by atoms with Crippen LogP contribution in [-0.2, 0) is 11.3 Å². The van der Waals surface area contributed by atoms with Crippen LogP contribution in [0.2, 0.25) is 0 Å². The van der Waals surface area contributed by atoms with Crippen LogP contribution in [0.4, 0.5) is 0 Å². The van der Waals surface area contributed by atoms with Gasteiger partial charge in [0.25, 0.3) is 0 Å². The van der Waals surface area contributed by atoms with E-state index in [1.807, 2.05) is 18.0 Å². The molecule has 1 aromatic rings. The molecule has 5 heteroatoms. The highest BCUT2D eigenvalue weighted by Crippen LogP contribution is 2.08. The Kier molecular flexibility index (Phi) is 6.84. The van der Waals surface area contributed by atoms with Crippen molar-refractivity contribution >= 4 is 18.3 Å². The second kappa shape index (κ2) is 8.15. The monoisotopic (exact) mass is 283 g/mol. The number of likely N-dealkylation sites (N-methyl/N-ethyl adjacent to an activating group) is 1. The molecule has 19 heavy (non-hydrogen) atoms. The molecule has 1 N–H and O–H groups in total. The van der Waals surface area contributed by atoms with E-state index in [0.717, 1.165) is 32.7 Å². The molecular weight excluding hydrogens is 262 g/mol. The fourth-order valence-electron chi connectivity index (χ4n) is 2.26. The summed E-state index contributed by atoms with van der Waals surface area (Å²) in [6.07, 6.45) is 0. The molecular formula is C14H22ClN3O. The minimum atomic E-state index is 0. The van der Waals surface area contributed by atoms with E-state index in [9.17, 15) is 4.79 Å². The third-order valence-corrected chi connectivity index (χ3v) is 3.30. The fourth-order valence-corrected chi connectivity index (χ4v) is 2.26. The molecule has 0 aliphatic carbocycles. The summed E-state index contributed by atoms with van der Waals surface area (Å²) in [5.74, 6) is 0.205. The van der Waals surface area contributed by atoms with Crippen molar-refractivity contribution in [1.29, 1.82) is 0 Å². The molecule has 2 rings (SSSR count). The smallest absolute Gasteiger partial charge is 0.236 e. The number of amides is 1. The summed E-state index contributed by atoms with van der Waals surface area (Å²) in [4.78, 5) is 16.1. The summed E-state index contributed by atoms with van der Waals surface area (Å²) in [6.45, 7) is 5.03. The van der Waals surface area contributed by atoms with Crippen molar-refractivity contribution in [2.45, 2.75) is 6.54 Å². The first-order chi connectivity index (χ1) is 8.79. The summed E-state index contributed by atoms with van der Waals surface area (Å²) in [5.41, 5.74) is 1.34. The number of carbonyl (C=O) groups excluding carboxylic acids is 1. The highest BCUT2D eigenvalue weighted by atomic mass is 35.5. The number of benzene rings is 1. The lowest BCUT2D eigenvalue weighted by atomic mass is 10.2. The van der Waals surface area contributed by atoms with Crippen LogP contribution in [0.3, 0.4) is 0 Å². The zero-order valence-corrected chi connectivity index (χ0v) is 12.2. The molecule has 0 atom stereocenters. The van der Waals surface area contributed by atoms with E-state index in [1.165, 1.54) is 5.56 Å². The third-order valence-electron chi connectivity index (χ3n) is 3.30. The average Bonchev–Trinajstić information content (AvgIpc) is 2.41. The van der Waals surface area contributed by atoms with Crippen LogP contribution in [0, 0.1) is 0 Å². The second-order valence-corrected chi connectivity index (χ2v) is 4.67. The van der Waals surface area contributed by atoms with Crippen molar-refractivity contribution in [2.75, 3.05) is 39.8 Å². The number of hydrogen-bond acceptors (Lipinski definition) is 3. The molecule has 0 spiro atoms. The van der Waals surface area contributed by atoms with Crippen LogP contribution in [0.5, 0.6) is 0 Å². The van der Waals surface area contributed by atoms with Crippen molar-refractivity contribution in [3.63, 3.8) is 0 Å². The molecule has 1 aromatic carbocycles. The van der Waals surface area contributed by atoms with Crippen LogP contribution in [0.25, 0.3) is 0 Å². The van der Waals surface area contributed by atoms with Gasteiger partial charge in [0.2, 0.25) is 5.91 Å². The highest BCUT2D eigenvalue weighted by Gasteiger charge is 2.20. The number of nitrogens with zero attached hydrogens (tertiary/aromatic N) is 2. The molecule has 0 unspecified atom stereocenters. The van der Waals surface area contributed by atoms with Crippen LogP contribution in [-0.4, -0.2) is 55.5 Å². The lowest BCUT2D eigenvalue weighted by Crippen LogP contribution is -2.50. The number of hydrogen-bond donors (Lipinski definition) is 1. The molecule has 0 aromatic heterocycles. The minimum Gasteiger partial charge on any atom is -0.339 e. The fraction of sp³-hybridized carbons (Fsp3) is 0.500. The van der Waals surface area contributed by atoms with Crippen molar-refractivity contribution in [3.8, 4) is 0 Å². The topological polar surface area (TPSA) is 35.6 Å². The molecule has 0 saturated carbocycles. The third kappa shape index (κ3) is 4.82. The van der Waals surface area contributed by atoms with Crippen molar-refractivity contribution in [1.82, 2.24) is 15.1 Å². The maximum atomic E-state index is 11.7. The van der Waals surface area contributed by atoms with Crippen molar-refractivity contribution in [3.05, 3.63) is 35.9 Å². The maximum absolute atomic E-state index is 11.7. The number of nitrogens with one attached hydrogen (secondary N) is 1. The molecule has 106 valence electrons. The van der Waals surface area contributed by atoms with E-state index in [4.69, 9.17) is 0 Å². The van der Waals surface area contributed by atoms with E-state index in [1.54, 1.807) is 0 Å². The van der Waals surface area contributed by atoms with Gasteiger partial charge in [0.1, 0.15) is 0 Å². The normalized spacial score (nSPS) is 15.9. The first kappa shape index (κ1) is 16.0. The van der Waals surface area contributed by atoms with Gasteiger partial charge in [0.05, 0.1) is 6.54 Å². The zero-order chi connectivity index (χ0) is 12.8. The molecule has 1 fully saturated rings. The van der Waals surface area contributed by atoms with E-state index < -0.39 is 0 Å². The van der Waals surface area contributed by atoms with Gasteiger partial charge in [0, 0.05) is 32.7 Å². The molecule has 1 aliphatic rings. The van der Waals surface area contributed by atoms with Gasteiger partial charge in [-0.05, 0) is 12.6 Å². The minimum absolute atomic E-state index is 0. The molecule has 0 bridgehead atoms. The molecule has 1 amide bonds. The van der Waals surface area contributed by atoms with E-state index in [0.29, 0.717) is 6.54 Å². The van der Waals surface area contributed by atoms with Gasteiger partial charge in [-0.3, -0.25) is 9.69 Å². The Bertz CT molecular complexity index is 378. The standard InChI is InChI=1S/C14H21N3O.ClH/c1-15-11-14(18)17-9-7-16(8-10-17)12-13-5-3-2-4-6-13;/h2-6,15H,7-12H2,1H3;1H. The van der Waals surface area contributed by atoms with Gasteiger partial charge in [0.15, 0.2) is 0 Å². The molecule has 1 heterocycles. The lowest BCUT2D eigenvalue weighted by molar-refractivity contribution is -0.131. The molecule has 4 nitrogen and oxygen atoms in total. The Morgan fingerprint density at radius 1 is 1.16 bits per heavy atom. The molecule has 0 radical (unpaired) electrons. The second-order valence-electron chi connectivity index (χ2n) is 4.67. The number of carbonyl (C=O) groups is 1. The van der Waals surface area contributed by atoms with E-state index >= 15 is 0 Å². The van der Waals surface area contributed by atoms with Gasteiger partial charge >= 0.3 is 0 Å². The Hall–Kier alpha value is -1.10. The number of rotatable bonds is 4. The first-order valence-electron chi connectivity index (χ1n) is 6.48. The molecule has 1 aliphatic heterocycles. The summed E-state index contributed by atoms with van der Waals surface area (Å²) in [5, 5.41) is 2.91. The van der Waals surface area contributed by atoms with Crippen molar-refractivity contribution < 1.29 is 4.79 Å². The van der Waals surface area contributed by atoms with Crippen LogP contribution in [0.15, 0.2) is 30.3 Å². The van der Waals surface area contributed by atoms with Crippen LogP contribution < -0.4 is 5.32 Å². The average molecular weight is 284 g/mol. The zero-order valence-electron chi connectivity index (χ0n) is 11.3. The first-order valence-corrected chi connectivity index (χ1v) is 6.48. The van der Waals surface area contributed by atoms with Gasteiger partial charge in [-0.25, -0.2) is 0 Å². The SMILES string of the molecule is CNCC(=O)N1CCN(Cc2ccccc2)CC1.Cl. The summed E-state index contributed by atoms with van der Waals surface area (Å²) < 4.78 is 0. The van der Waals surface area contributed by atoms with Gasteiger partial charge in [-0.1, -0.05) is 30.3 Å². The summed E-state index contributed by atoms with van der Waals surface area (Å²) in [7, 11) is 1.81. The van der Waals surface area contributed by atoms with Gasteiger partial charge < -0.3 is 10.2 Å². The van der Waals surface area contributed by atoms with Gasteiger partial charge in [-0.15, -0.1) is 12.4 Å². The van der Waals surface area contributed by atoms with Crippen molar-refractivity contribution in [2.24, 2.45) is 0 Å². The summed E-state index contributed by atoms with van der Waals surface area (Å²) in [6, 6.07) is 10.5. The highest BCUT2D eigenvalue weighted by molar-refractivity contribution is 5.85. The van der Waals surface area contributed by atoms with Crippen LogP contribution >= 0.6 is 12.4 Å². The quantitative estimate of drug-likeness (QED) is 0.895. The Morgan fingerprint density at radius 3 is 2.37 bits per heavy atom. The Balaban J connectivity index is 0.00000180. The predicted molar refractivity (Wildman–Crippen MR) is 79.5 cm³/mol. The predicted octanol–water partition coefficient (Wildman–Crippen LogP) is 0.972. The lowest BCUT2D eigenvalue weighted by Gasteiger charge is -2.34. The largest absolute Gasteiger partial charge is 0.339 e. The number of piperazine rings is 1. The number of halogens is 1. The Labute approximate surface area is 121 Å². The maximum Gasteiger partial charge on any atom is 0.236 e. The molecule has 1 saturated heterocycles. The van der Waals surface area contributed by atoms with E-state index in [2.05, 4.69) is 34.5 Å². The summed E-state index contributed by atoms with van der Waals surface area (Å²) >= 11 is 0. The van der Waals surface area contributed by atoms with Crippen LogP contribution in [0.1, 0.15) is 5.56 Å². The Morgan fingerprint density at radius 2 is 1.79 bits per heavy atom.